The van der Waals surface area contributed by atoms with Crippen LogP contribution in [0.15, 0.2) is 0 Å². The average molecular weight is 110 g/mol. The lowest BCUT2D eigenvalue weighted by Crippen LogP contribution is -1.68. The monoisotopic (exact) mass is 110 g/mol. The van der Waals surface area contributed by atoms with Crippen molar-refractivity contribution in [2.75, 3.05) is 14.2 Å². The molecule has 0 radical (unpaired) electrons. The number of methoxy groups -OCH3 is 1. The Morgan fingerprint density at radius 3 is 1.71 bits per heavy atom. The van der Waals surface area contributed by atoms with Crippen LogP contribution in [0.3, 0.4) is 0 Å². The largest absolute Gasteiger partial charge is 0.471 e. The number of aliphatic hydroxyl groups excluding tert-OH is 1. The molecule has 4 heteroatoms. The summed E-state index contributed by atoms with van der Waals surface area (Å²) in [5.74, 6) is 0. The van der Waals surface area contributed by atoms with E-state index in [1.165, 1.54) is 7.11 Å². The predicted octanol–water partition coefficient (Wildman–Crippen LogP) is -1.43. The summed E-state index contributed by atoms with van der Waals surface area (Å²) in [6.07, 6.45) is 0. The van der Waals surface area contributed by atoms with E-state index in [2.05, 4.69) is 4.74 Å². The first-order valence-corrected chi connectivity index (χ1v) is 1.33. The molecule has 46 valence electrons. The highest BCUT2D eigenvalue weighted by molar-refractivity contribution is 5.36. The van der Waals surface area contributed by atoms with Crippen LogP contribution in [-0.4, -0.2) is 31.3 Å². The van der Waals surface area contributed by atoms with E-state index < -0.39 is 0 Å². The van der Waals surface area contributed by atoms with Crippen LogP contribution in [0.4, 0.5) is 0 Å². The molecule has 0 heterocycles. The van der Waals surface area contributed by atoms with Gasteiger partial charge in [-0.3, -0.25) is 4.79 Å². The van der Waals surface area contributed by atoms with Crippen LogP contribution in [-0.2, 0) is 9.53 Å². The second-order valence-electron chi connectivity index (χ2n) is 0.332. The number of aliphatic hydroxyl groups is 1. The highest BCUT2D eigenvalue weighted by Crippen LogP contribution is 1.35. The Kier molecular flexibility index (Phi) is 124. The van der Waals surface area contributed by atoms with Crippen molar-refractivity contribution in [3.8, 4) is 0 Å². The van der Waals surface area contributed by atoms with E-state index in [0.717, 1.165) is 7.11 Å². The molecule has 0 aromatic heterocycles. The molecule has 0 bridgehead atoms. The molecule has 0 aliphatic rings. The van der Waals surface area contributed by atoms with E-state index in [1.54, 1.807) is 0 Å². The molecule has 0 fully saturated rings. The molecule has 0 rings (SSSR count). The molecule has 0 aromatic rings. The van der Waals surface area contributed by atoms with Gasteiger partial charge in [0, 0.05) is 7.11 Å². The van der Waals surface area contributed by atoms with E-state index in [-0.39, 0.29) is 5.48 Å². The molecular formula is C3H10O4. The van der Waals surface area contributed by atoms with Gasteiger partial charge in [0.15, 0.2) is 0 Å². The molecule has 0 aliphatic heterocycles. The SMILES string of the molecule is CO.COC=O.O. The summed E-state index contributed by atoms with van der Waals surface area (Å²) in [7, 11) is 2.31. The predicted molar refractivity (Wildman–Crippen MR) is 24.8 cm³/mol. The minimum Gasteiger partial charge on any atom is -0.471 e. The van der Waals surface area contributed by atoms with Gasteiger partial charge < -0.3 is 15.3 Å². The van der Waals surface area contributed by atoms with Crippen LogP contribution in [0.1, 0.15) is 0 Å². The summed E-state index contributed by atoms with van der Waals surface area (Å²) in [4.78, 5) is 8.95. The first-order chi connectivity index (χ1) is 2.91. The molecule has 0 unspecified atom stereocenters. The first kappa shape index (κ1) is 16.2. The zero-order valence-corrected chi connectivity index (χ0v) is 4.34. The Bertz CT molecular complexity index is 20.9. The quantitative estimate of drug-likeness (QED) is 0.420. The third-order valence-corrected chi connectivity index (χ3v) is 0.0962. The maximum atomic E-state index is 8.95. The van der Waals surface area contributed by atoms with Gasteiger partial charge in [-0.1, -0.05) is 0 Å². The maximum Gasteiger partial charge on any atom is 0.292 e. The van der Waals surface area contributed by atoms with Gasteiger partial charge >= 0.3 is 0 Å². The highest BCUT2D eigenvalue weighted by atomic mass is 16.5. The number of carbonyl (C=O) groups is 1. The Labute approximate surface area is 42.0 Å². The molecular weight excluding hydrogens is 100 g/mol. The number of rotatable bonds is 1. The normalized spacial score (nSPS) is 3.86. The van der Waals surface area contributed by atoms with Gasteiger partial charge in [0.1, 0.15) is 0 Å². The lowest BCUT2D eigenvalue weighted by Gasteiger charge is -1.67. The lowest BCUT2D eigenvalue weighted by atomic mass is 11.5. The molecule has 0 atom stereocenters. The van der Waals surface area contributed by atoms with E-state index in [4.69, 9.17) is 9.90 Å². The highest BCUT2D eigenvalue weighted by Gasteiger charge is 1.44. The summed E-state index contributed by atoms with van der Waals surface area (Å²) < 4.78 is 3.86. The first-order valence-electron chi connectivity index (χ1n) is 1.33. The lowest BCUT2D eigenvalue weighted by molar-refractivity contribution is -0.126. The van der Waals surface area contributed by atoms with Crippen LogP contribution in [0.25, 0.3) is 0 Å². The summed E-state index contributed by atoms with van der Waals surface area (Å²) >= 11 is 0. The van der Waals surface area contributed by atoms with Gasteiger partial charge in [-0.05, 0) is 0 Å². The van der Waals surface area contributed by atoms with Crippen LogP contribution < -0.4 is 0 Å². The van der Waals surface area contributed by atoms with Crippen molar-refractivity contribution in [3.63, 3.8) is 0 Å². The van der Waals surface area contributed by atoms with Gasteiger partial charge in [-0.15, -0.1) is 0 Å². The van der Waals surface area contributed by atoms with E-state index in [9.17, 15) is 0 Å². The summed E-state index contributed by atoms with van der Waals surface area (Å²) in [5.41, 5.74) is 0. The van der Waals surface area contributed by atoms with Crippen molar-refractivity contribution in [2.24, 2.45) is 0 Å². The molecule has 3 N–H and O–H groups in total. The second kappa shape index (κ2) is 53.8. The van der Waals surface area contributed by atoms with Crippen molar-refractivity contribution in [3.05, 3.63) is 0 Å². The number of ether oxygens (including phenoxy) is 1. The summed E-state index contributed by atoms with van der Waals surface area (Å²) in [6.45, 7) is 0.375. The minimum absolute atomic E-state index is 0. The maximum absolute atomic E-state index is 8.95. The van der Waals surface area contributed by atoms with Gasteiger partial charge in [-0.25, -0.2) is 0 Å². The molecule has 0 saturated heterocycles. The van der Waals surface area contributed by atoms with Crippen molar-refractivity contribution in [2.45, 2.75) is 0 Å². The average Bonchev–Trinajstić information content (AvgIpc) is 1.72. The zero-order chi connectivity index (χ0) is 5.41. The number of hydrogen-bond donors (Lipinski definition) is 1. The topological polar surface area (TPSA) is 78.0 Å². The summed E-state index contributed by atoms with van der Waals surface area (Å²) in [6, 6.07) is 0. The van der Waals surface area contributed by atoms with Gasteiger partial charge in [0.2, 0.25) is 0 Å². The fourth-order valence-corrected chi connectivity index (χ4v) is 0. The van der Waals surface area contributed by atoms with Gasteiger partial charge in [0.05, 0.1) is 7.11 Å². The Morgan fingerprint density at radius 1 is 1.57 bits per heavy atom. The fraction of sp³-hybridized carbons (Fsp3) is 0.667. The van der Waals surface area contributed by atoms with Crippen LogP contribution in [0.2, 0.25) is 0 Å². The van der Waals surface area contributed by atoms with E-state index in [1.807, 2.05) is 0 Å². The third kappa shape index (κ3) is 407. The van der Waals surface area contributed by atoms with Crippen LogP contribution >= 0.6 is 0 Å². The Balaban J connectivity index is -0.0000000480. The van der Waals surface area contributed by atoms with Crippen LogP contribution in [0, 0.1) is 0 Å². The molecule has 4 nitrogen and oxygen atoms in total. The molecule has 0 saturated carbocycles. The molecule has 0 aromatic carbocycles. The van der Waals surface area contributed by atoms with Crippen molar-refractivity contribution >= 4 is 6.47 Å². The second-order valence-corrected chi connectivity index (χ2v) is 0.332. The molecule has 0 aliphatic carbocycles. The van der Waals surface area contributed by atoms with Crippen molar-refractivity contribution in [1.82, 2.24) is 0 Å². The van der Waals surface area contributed by atoms with Crippen molar-refractivity contribution in [1.29, 1.82) is 0 Å². The Morgan fingerprint density at radius 2 is 1.71 bits per heavy atom. The number of carbonyl (C=O) groups excluding carboxylic acids is 1. The third-order valence-electron chi connectivity index (χ3n) is 0.0962. The fourth-order valence-electron chi connectivity index (χ4n) is 0. The Hall–Kier alpha value is -0.610. The summed E-state index contributed by atoms with van der Waals surface area (Å²) in [5, 5.41) is 7.00. The zero-order valence-electron chi connectivity index (χ0n) is 4.34. The van der Waals surface area contributed by atoms with E-state index in [0.29, 0.717) is 6.47 Å². The standard InChI is InChI=1S/C2H4O2.CH4O.H2O/c1-4-2-3;1-2;/h2H,1H3;2H,1H3;1H2. The molecule has 0 amide bonds. The van der Waals surface area contributed by atoms with Gasteiger partial charge in [-0.2, -0.15) is 0 Å². The van der Waals surface area contributed by atoms with Crippen LogP contribution in [0.5, 0.6) is 0 Å². The van der Waals surface area contributed by atoms with E-state index >= 15 is 0 Å². The smallest absolute Gasteiger partial charge is 0.292 e. The van der Waals surface area contributed by atoms with Crippen molar-refractivity contribution < 1.29 is 20.1 Å². The molecule has 0 spiro atoms. The molecule has 7 heavy (non-hydrogen) atoms. The minimum atomic E-state index is 0. The number of hydrogen-bond acceptors (Lipinski definition) is 3. The van der Waals surface area contributed by atoms with Gasteiger partial charge in [0.25, 0.3) is 6.47 Å².